The van der Waals surface area contributed by atoms with Gasteiger partial charge in [0, 0.05) is 11.1 Å². The molecule has 2 rings (SSSR count). The monoisotopic (exact) mass is 319 g/mol. The Hall–Kier alpha value is -0.650. The van der Waals surface area contributed by atoms with Crippen molar-refractivity contribution >= 4 is 21.4 Å². The first-order valence-corrected chi connectivity index (χ1v) is 8.86. The molecule has 0 aliphatic carbocycles. The maximum absolute atomic E-state index is 13.0. The minimum absolute atomic E-state index is 0.191. The molecule has 112 valence electrons. The molecule has 1 aromatic rings. The van der Waals surface area contributed by atoms with Crippen LogP contribution in [0, 0.1) is 5.82 Å². The van der Waals surface area contributed by atoms with Crippen LogP contribution in [0.2, 0.25) is 5.02 Å². The Labute approximate surface area is 124 Å². The van der Waals surface area contributed by atoms with Crippen molar-refractivity contribution in [1.82, 2.24) is 5.32 Å². The van der Waals surface area contributed by atoms with Gasteiger partial charge in [-0.25, -0.2) is 12.8 Å². The fourth-order valence-corrected chi connectivity index (χ4v) is 5.19. The highest BCUT2D eigenvalue weighted by Crippen LogP contribution is 2.26. The molecule has 0 amide bonds. The number of sulfone groups is 1. The van der Waals surface area contributed by atoms with Crippen molar-refractivity contribution in [2.45, 2.75) is 37.0 Å². The lowest BCUT2D eigenvalue weighted by Crippen LogP contribution is -2.46. The molecule has 1 aliphatic rings. The van der Waals surface area contributed by atoms with Gasteiger partial charge < -0.3 is 5.32 Å². The summed E-state index contributed by atoms with van der Waals surface area (Å²) in [7, 11) is -1.30. The van der Waals surface area contributed by atoms with E-state index in [1.54, 1.807) is 13.1 Å². The fourth-order valence-electron chi connectivity index (χ4n) is 2.77. The van der Waals surface area contributed by atoms with Crippen molar-refractivity contribution in [2.75, 3.05) is 12.8 Å². The van der Waals surface area contributed by atoms with Gasteiger partial charge in [0.15, 0.2) is 9.84 Å². The van der Waals surface area contributed by atoms with Crippen LogP contribution in [0.3, 0.4) is 0 Å². The highest BCUT2D eigenvalue weighted by molar-refractivity contribution is 7.92. The van der Waals surface area contributed by atoms with Gasteiger partial charge in [0.25, 0.3) is 0 Å². The molecule has 1 aliphatic heterocycles. The van der Waals surface area contributed by atoms with Gasteiger partial charge in [0.1, 0.15) is 5.82 Å². The van der Waals surface area contributed by atoms with Crippen LogP contribution in [0.5, 0.6) is 0 Å². The zero-order chi connectivity index (χ0) is 14.8. The first-order valence-electron chi connectivity index (χ1n) is 6.77. The molecule has 0 radical (unpaired) electrons. The third kappa shape index (κ3) is 3.51. The van der Waals surface area contributed by atoms with E-state index in [0.29, 0.717) is 17.9 Å². The van der Waals surface area contributed by atoms with E-state index in [2.05, 4.69) is 5.32 Å². The zero-order valence-corrected chi connectivity index (χ0v) is 13.0. The van der Waals surface area contributed by atoms with Gasteiger partial charge in [-0.3, -0.25) is 0 Å². The van der Waals surface area contributed by atoms with Crippen LogP contribution in [0.1, 0.15) is 24.8 Å². The summed E-state index contributed by atoms with van der Waals surface area (Å²) in [5.41, 5.74) is 0.771. The van der Waals surface area contributed by atoms with Crippen LogP contribution in [-0.2, 0) is 16.3 Å². The molecule has 0 spiro atoms. The Bertz CT molecular complexity index is 577. The normalized spacial score (nSPS) is 23.4. The fraction of sp³-hybridized carbons (Fsp3) is 0.571. The van der Waals surface area contributed by atoms with Gasteiger partial charge in [-0.1, -0.05) is 24.1 Å². The molecular weight excluding hydrogens is 301 g/mol. The van der Waals surface area contributed by atoms with Crippen molar-refractivity contribution in [3.8, 4) is 0 Å². The lowest BCUT2D eigenvalue weighted by molar-refractivity contribution is 0.456. The van der Waals surface area contributed by atoms with E-state index in [1.807, 2.05) is 0 Å². The molecule has 2 atom stereocenters. The minimum atomic E-state index is -3.06. The molecule has 20 heavy (non-hydrogen) atoms. The van der Waals surface area contributed by atoms with Crippen molar-refractivity contribution in [1.29, 1.82) is 0 Å². The van der Waals surface area contributed by atoms with Gasteiger partial charge in [0.05, 0.1) is 11.0 Å². The van der Waals surface area contributed by atoms with Crippen LogP contribution < -0.4 is 5.32 Å². The Balaban J connectivity index is 2.20. The van der Waals surface area contributed by atoms with E-state index >= 15 is 0 Å². The number of hydrogen-bond acceptors (Lipinski definition) is 3. The molecule has 1 fully saturated rings. The first kappa shape index (κ1) is 15.7. The molecule has 0 bridgehead atoms. The smallest absolute Gasteiger partial charge is 0.154 e. The average Bonchev–Trinajstić information content (AvgIpc) is 2.38. The molecule has 0 saturated carbocycles. The van der Waals surface area contributed by atoms with E-state index in [-0.39, 0.29) is 22.9 Å². The lowest BCUT2D eigenvalue weighted by atomic mass is 9.99. The molecule has 0 aromatic heterocycles. The zero-order valence-electron chi connectivity index (χ0n) is 11.4. The van der Waals surface area contributed by atoms with Crippen LogP contribution in [-0.4, -0.2) is 32.5 Å². The summed E-state index contributed by atoms with van der Waals surface area (Å²) in [6.45, 7) is 0. The predicted octanol–water partition coefficient (Wildman–Crippen LogP) is 2.58. The second-order valence-corrected chi connectivity index (χ2v) is 7.98. The highest BCUT2D eigenvalue weighted by Gasteiger charge is 2.35. The molecule has 1 aromatic carbocycles. The van der Waals surface area contributed by atoms with Crippen molar-refractivity contribution in [2.24, 2.45) is 0 Å². The third-order valence-electron chi connectivity index (χ3n) is 3.90. The summed E-state index contributed by atoms with van der Waals surface area (Å²) in [5, 5.41) is 3.05. The summed E-state index contributed by atoms with van der Waals surface area (Å²) >= 11 is 6.02. The Morgan fingerprint density at radius 2 is 2.20 bits per heavy atom. The maximum atomic E-state index is 13.0. The molecule has 6 heteroatoms. The van der Waals surface area contributed by atoms with Gasteiger partial charge >= 0.3 is 0 Å². The van der Waals surface area contributed by atoms with Crippen molar-refractivity contribution in [3.63, 3.8) is 0 Å². The molecular formula is C14H19ClFNO2S. The summed E-state index contributed by atoms with van der Waals surface area (Å²) in [6, 6.07) is 4.04. The van der Waals surface area contributed by atoms with Crippen molar-refractivity contribution in [3.05, 3.63) is 34.6 Å². The van der Waals surface area contributed by atoms with E-state index < -0.39 is 9.84 Å². The van der Waals surface area contributed by atoms with Gasteiger partial charge in [-0.15, -0.1) is 0 Å². The topological polar surface area (TPSA) is 46.2 Å². The van der Waals surface area contributed by atoms with Crippen molar-refractivity contribution < 1.29 is 12.8 Å². The van der Waals surface area contributed by atoms with E-state index in [4.69, 9.17) is 11.6 Å². The largest absolute Gasteiger partial charge is 0.315 e. The number of benzene rings is 1. The van der Waals surface area contributed by atoms with Gasteiger partial charge in [0.2, 0.25) is 0 Å². The molecule has 1 N–H and O–H groups in total. The number of nitrogens with one attached hydrogen (secondary N) is 1. The lowest BCUT2D eigenvalue weighted by Gasteiger charge is -2.30. The van der Waals surface area contributed by atoms with Crippen LogP contribution in [0.25, 0.3) is 0 Å². The van der Waals surface area contributed by atoms with E-state index in [9.17, 15) is 12.8 Å². The Kier molecular flexibility index (Phi) is 5.04. The maximum Gasteiger partial charge on any atom is 0.154 e. The summed E-state index contributed by atoms with van der Waals surface area (Å²) in [6.07, 6.45) is 2.83. The van der Waals surface area contributed by atoms with Crippen LogP contribution >= 0.6 is 11.6 Å². The second-order valence-electron chi connectivity index (χ2n) is 5.24. The molecule has 2 unspecified atom stereocenters. The van der Waals surface area contributed by atoms with Crippen LogP contribution in [0.15, 0.2) is 18.2 Å². The summed E-state index contributed by atoms with van der Waals surface area (Å²) in [4.78, 5) is 0. The first-order chi connectivity index (χ1) is 9.44. The number of likely N-dealkylation sites (N-methyl/N-ethyl adjacent to an activating group) is 1. The molecule has 3 nitrogen and oxygen atoms in total. The molecule has 1 saturated heterocycles. The van der Waals surface area contributed by atoms with E-state index in [1.165, 1.54) is 12.1 Å². The summed E-state index contributed by atoms with van der Waals surface area (Å²) in [5.74, 6) is -0.127. The number of halogens is 2. The second kappa shape index (κ2) is 6.41. The number of hydrogen-bond donors (Lipinski definition) is 1. The standard InChI is InChI=1S/C14H19ClFNO2S/c1-17-13(14-4-2-3-7-20(14,18)19)8-10-5-6-11(16)9-12(10)15/h5-6,9,13-14,17H,2-4,7-8H2,1H3. The quantitative estimate of drug-likeness (QED) is 0.928. The van der Waals surface area contributed by atoms with E-state index in [0.717, 1.165) is 18.4 Å². The summed E-state index contributed by atoms with van der Waals surface area (Å²) < 4.78 is 37.4. The van der Waals surface area contributed by atoms with Crippen LogP contribution in [0.4, 0.5) is 4.39 Å². The number of rotatable bonds is 4. The predicted molar refractivity (Wildman–Crippen MR) is 79.4 cm³/mol. The third-order valence-corrected chi connectivity index (χ3v) is 6.60. The average molecular weight is 320 g/mol. The minimum Gasteiger partial charge on any atom is -0.315 e. The SMILES string of the molecule is CNC(Cc1ccc(F)cc1Cl)C1CCCCS1(=O)=O. The van der Waals surface area contributed by atoms with Gasteiger partial charge in [-0.2, -0.15) is 0 Å². The van der Waals surface area contributed by atoms with Gasteiger partial charge in [-0.05, 0) is 44.0 Å². The highest BCUT2D eigenvalue weighted by atomic mass is 35.5. The Morgan fingerprint density at radius 3 is 2.80 bits per heavy atom. The Morgan fingerprint density at radius 1 is 1.45 bits per heavy atom. The molecule has 1 heterocycles.